The molecule has 1 amide bonds. The van der Waals surface area contributed by atoms with E-state index in [-0.39, 0.29) is 11.6 Å². The molecule has 2 fully saturated rings. The SMILES string of the molecule is CC[C@H]1CCN(C(=O)c2cc(C(C)Nc3cc(F)c(F)c(F)c3)c3nc(N4CCOCC4)cnc3c2)C1. The molecule has 5 rings (SSSR count). The Morgan fingerprint density at radius 2 is 1.86 bits per heavy atom. The van der Waals surface area contributed by atoms with Crippen molar-refractivity contribution in [2.24, 2.45) is 5.92 Å². The molecule has 0 aliphatic carbocycles. The first-order chi connectivity index (χ1) is 17.8. The van der Waals surface area contributed by atoms with E-state index >= 15 is 0 Å². The summed E-state index contributed by atoms with van der Waals surface area (Å²) >= 11 is 0. The molecular formula is C27H30F3N5O2. The van der Waals surface area contributed by atoms with Crippen LogP contribution in [0.2, 0.25) is 0 Å². The molecule has 196 valence electrons. The van der Waals surface area contributed by atoms with Crippen LogP contribution in [0.5, 0.6) is 0 Å². The standard InChI is InChI=1S/C27H30F3N5O2/c1-3-17-4-5-35(15-17)27(36)18-10-20(16(2)32-19-12-21(28)25(30)22(29)13-19)26-23(11-18)31-14-24(33-26)34-6-8-37-9-7-34/h10-14,16-17,32H,3-9,15H2,1-2H3/t16?,17-/m0/s1. The Kier molecular flexibility index (Phi) is 7.19. The van der Waals surface area contributed by atoms with Gasteiger partial charge in [-0.3, -0.25) is 9.78 Å². The number of carbonyl (C=O) groups is 1. The highest BCUT2D eigenvalue weighted by Gasteiger charge is 2.27. The summed E-state index contributed by atoms with van der Waals surface area (Å²) in [4.78, 5) is 26.9. The molecule has 10 heteroatoms. The van der Waals surface area contributed by atoms with Crippen LogP contribution < -0.4 is 10.2 Å². The number of hydrogen-bond donors (Lipinski definition) is 1. The zero-order chi connectivity index (χ0) is 26.1. The average Bonchev–Trinajstić information content (AvgIpc) is 3.40. The van der Waals surface area contributed by atoms with Gasteiger partial charge in [0.25, 0.3) is 5.91 Å². The van der Waals surface area contributed by atoms with Gasteiger partial charge in [-0.05, 0) is 31.4 Å². The van der Waals surface area contributed by atoms with Crippen LogP contribution in [-0.4, -0.2) is 60.2 Å². The van der Waals surface area contributed by atoms with Gasteiger partial charge in [0.2, 0.25) is 0 Å². The molecule has 1 aromatic heterocycles. The van der Waals surface area contributed by atoms with Gasteiger partial charge in [-0.15, -0.1) is 0 Å². The fourth-order valence-electron chi connectivity index (χ4n) is 5.03. The molecule has 2 atom stereocenters. The van der Waals surface area contributed by atoms with Crippen molar-refractivity contribution in [1.29, 1.82) is 0 Å². The lowest BCUT2D eigenvalue weighted by Gasteiger charge is -2.28. The van der Waals surface area contributed by atoms with Gasteiger partial charge in [-0.2, -0.15) is 0 Å². The van der Waals surface area contributed by atoms with Crippen molar-refractivity contribution in [3.05, 3.63) is 59.0 Å². The number of nitrogens with one attached hydrogen (secondary N) is 1. The number of fused-ring (bicyclic) bond motifs is 1. The second-order valence-electron chi connectivity index (χ2n) is 9.69. The minimum absolute atomic E-state index is 0.0794. The molecular weight excluding hydrogens is 483 g/mol. The number of amides is 1. The third-order valence-corrected chi connectivity index (χ3v) is 7.23. The van der Waals surface area contributed by atoms with Gasteiger partial charge < -0.3 is 19.9 Å². The largest absolute Gasteiger partial charge is 0.378 e. The number of rotatable bonds is 6. The van der Waals surface area contributed by atoms with Crippen molar-refractivity contribution >= 4 is 28.4 Å². The van der Waals surface area contributed by atoms with E-state index in [0.29, 0.717) is 73.3 Å². The number of anilines is 2. The number of hydrogen-bond acceptors (Lipinski definition) is 6. The minimum Gasteiger partial charge on any atom is -0.378 e. The summed E-state index contributed by atoms with van der Waals surface area (Å²) in [6.45, 7) is 7.89. The molecule has 2 aliphatic heterocycles. The van der Waals surface area contributed by atoms with Gasteiger partial charge in [0.15, 0.2) is 17.5 Å². The average molecular weight is 514 g/mol. The van der Waals surface area contributed by atoms with Crippen molar-refractivity contribution in [3.63, 3.8) is 0 Å². The molecule has 1 unspecified atom stereocenters. The van der Waals surface area contributed by atoms with E-state index in [1.807, 2.05) is 4.90 Å². The lowest BCUT2D eigenvalue weighted by molar-refractivity contribution is 0.0787. The summed E-state index contributed by atoms with van der Waals surface area (Å²) in [7, 11) is 0. The first-order valence-electron chi connectivity index (χ1n) is 12.7. The highest BCUT2D eigenvalue weighted by Crippen LogP contribution is 2.31. The Morgan fingerprint density at radius 3 is 2.54 bits per heavy atom. The Balaban J connectivity index is 1.54. The predicted molar refractivity (Wildman–Crippen MR) is 135 cm³/mol. The monoisotopic (exact) mass is 513 g/mol. The van der Waals surface area contributed by atoms with Crippen LogP contribution in [0.3, 0.4) is 0 Å². The van der Waals surface area contributed by atoms with Gasteiger partial charge in [0, 0.05) is 55.1 Å². The fraction of sp³-hybridized carbons (Fsp3) is 0.444. The summed E-state index contributed by atoms with van der Waals surface area (Å²) in [6, 6.07) is 4.82. The van der Waals surface area contributed by atoms with Crippen LogP contribution in [-0.2, 0) is 4.74 Å². The summed E-state index contributed by atoms with van der Waals surface area (Å²) in [6.07, 6.45) is 3.69. The lowest BCUT2D eigenvalue weighted by atomic mass is 10.0. The van der Waals surface area contributed by atoms with E-state index in [2.05, 4.69) is 22.1 Å². The quantitative estimate of drug-likeness (QED) is 0.472. The number of benzene rings is 2. The molecule has 7 nitrogen and oxygen atoms in total. The van der Waals surface area contributed by atoms with Crippen LogP contribution in [0.25, 0.3) is 11.0 Å². The Bertz CT molecular complexity index is 1290. The molecule has 0 bridgehead atoms. The number of morpholine rings is 1. The highest BCUT2D eigenvalue weighted by atomic mass is 19.2. The van der Waals surface area contributed by atoms with Crippen molar-refractivity contribution in [2.45, 2.75) is 32.7 Å². The maximum absolute atomic E-state index is 13.9. The molecule has 37 heavy (non-hydrogen) atoms. The normalized spacial score (nSPS) is 18.9. The smallest absolute Gasteiger partial charge is 0.253 e. The molecule has 3 aromatic rings. The molecule has 2 aromatic carbocycles. The Hall–Kier alpha value is -3.40. The number of carbonyl (C=O) groups excluding carboxylic acids is 1. The van der Waals surface area contributed by atoms with Crippen LogP contribution in [0.15, 0.2) is 30.5 Å². The van der Waals surface area contributed by atoms with Gasteiger partial charge in [-0.25, -0.2) is 18.2 Å². The van der Waals surface area contributed by atoms with Crippen LogP contribution in [0, 0.1) is 23.4 Å². The van der Waals surface area contributed by atoms with Crippen LogP contribution in [0.4, 0.5) is 24.7 Å². The van der Waals surface area contributed by atoms with Crippen molar-refractivity contribution in [2.75, 3.05) is 49.6 Å². The second kappa shape index (κ2) is 10.5. The molecule has 0 saturated carbocycles. The van der Waals surface area contributed by atoms with Crippen molar-refractivity contribution in [3.8, 4) is 0 Å². The van der Waals surface area contributed by atoms with E-state index in [0.717, 1.165) is 25.0 Å². The number of likely N-dealkylation sites (tertiary alicyclic amines) is 1. The molecule has 3 heterocycles. The zero-order valence-electron chi connectivity index (χ0n) is 20.9. The summed E-state index contributed by atoms with van der Waals surface area (Å²) in [5.41, 5.74) is 2.35. The number of halogens is 3. The number of nitrogens with zero attached hydrogens (tertiary/aromatic N) is 4. The van der Waals surface area contributed by atoms with E-state index in [4.69, 9.17) is 9.72 Å². The van der Waals surface area contributed by atoms with E-state index in [1.165, 1.54) is 0 Å². The molecule has 0 spiro atoms. The van der Waals surface area contributed by atoms with Crippen LogP contribution in [0.1, 0.15) is 48.7 Å². The number of ether oxygens (including phenoxy) is 1. The third-order valence-electron chi connectivity index (χ3n) is 7.23. The Labute approximate surface area is 213 Å². The fourth-order valence-corrected chi connectivity index (χ4v) is 5.03. The van der Waals surface area contributed by atoms with Gasteiger partial charge in [-0.1, -0.05) is 13.3 Å². The summed E-state index contributed by atoms with van der Waals surface area (Å²) in [5, 5.41) is 3.04. The first kappa shape index (κ1) is 25.3. The van der Waals surface area contributed by atoms with E-state index in [1.54, 1.807) is 25.3 Å². The Morgan fingerprint density at radius 1 is 1.14 bits per heavy atom. The van der Waals surface area contributed by atoms with Crippen molar-refractivity contribution in [1.82, 2.24) is 14.9 Å². The summed E-state index contributed by atoms with van der Waals surface area (Å²) < 4.78 is 46.7. The molecule has 2 saturated heterocycles. The maximum atomic E-state index is 13.9. The molecule has 1 N–H and O–H groups in total. The predicted octanol–water partition coefficient (Wildman–Crippen LogP) is 4.93. The highest BCUT2D eigenvalue weighted by molar-refractivity contribution is 5.98. The molecule has 0 radical (unpaired) electrons. The van der Waals surface area contributed by atoms with Crippen LogP contribution >= 0.6 is 0 Å². The van der Waals surface area contributed by atoms with Gasteiger partial charge in [0.1, 0.15) is 5.82 Å². The van der Waals surface area contributed by atoms with E-state index < -0.39 is 23.5 Å². The molecule has 2 aliphatic rings. The minimum atomic E-state index is -1.52. The van der Waals surface area contributed by atoms with Gasteiger partial charge >= 0.3 is 0 Å². The first-order valence-corrected chi connectivity index (χ1v) is 12.7. The maximum Gasteiger partial charge on any atom is 0.253 e. The van der Waals surface area contributed by atoms with Crippen molar-refractivity contribution < 1.29 is 22.7 Å². The summed E-state index contributed by atoms with van der Waals surface area (Å²) in [5.74, 6) is -2.98. The van der Waals surface area contributed by atoms with Gasteiger partial charge in [0.05, 0.1) is 36.5 Å². The second-order valence-corrected chi connectivity index (χ2v) is 9.69. The third kappa shape index (κ3) is 5.20. The topological polar surface area (TPSA) is 70.6 Å². The van der Waals surface area contributed by atoms with E-state index in [9.17, 15) is 18.0 Å². The zero-order valence-corrected chi connectivity index (χ0v) is 20.9. The number of aromatic nitrogens is 2. The lowest BCUT2D eigenvalue weighted by Crippen LogP contribution is -2.36.